The van der Waals surface area contributed by atoms with E-state index in [1.165, 1.54) is 30.3 Å². The van der Waals surface area contributed by atoms with Crippen LogP contribution < -0.4 is 4.74 Å². The van der Waals surface area contributed by atoms with Crippen LogP contribution in [0.2, 0.25) is 5.02 Å². The monoisotopic (exact) mass is 320 g/mol. The number of aliphatic hydroxyl groups is 1. The van der Waals surface area contributed by atoms with E-state index in [0.717, 1.165) is 12.1 Å². The molecule has 0 heterocycles. The maximum Gasteiger partial charge on any atom is 0.573 e. The fraction of sp³-hybridized carbons (Fsp3) is 0.143. The molecule has 0 saturated heterocycles. The Labute approximate surface area is 122 Å². The molecule has 0 spiro atoms. The first kappa shape index (κ1) is 15.6. The summed E-state index contributed by atoms with van der Waals surface area (Å²) < 4.78 is 54.6. The zero-order valence-electron chi connectivity index (χ0n) is 10.4. The highest BCUT2D eigenvalue weighted by Crippen LogP contribution is 2.34. The molecule has 0 aliphatic heterocycles. The van der Waals surface area contributed by atoms with Gasteiger partial charge in [0.1, 0.15) is 17.7 Å². The number of ether oxygens (including phenoxy) is 1. The Bertz CT molecular complexity index is 643. The lowest BCUT2D eigenvalue weighted by Crippen LogP contribution is -2.19. The molecule has 21 heavy (non-hydrogen) atoms. The predicted molar refractivity (Wildman–Crippen MR) is 68.6 cm³/mol. The third kappa shape index (κ3) is 3.86. The first-order valence-corrected chi connectivity index (χ1v) is 6.13. The Kier molecular flexibility index (Phi) is 4.39. The summed E-state index contributed by atoms with van der Waals surface area (Å²) in [5.41, 5.74) is -0.395. The van der Waals surface area contributed by atoms with Crippen LogP contribution in [0.4, 0.5) is 17.6 Å². The smallest absolute Gasteiger partial charge is 0.405 e. The number of hydrogen-bond donors (Lipinski definition) is 1. The van der Waals surface area contributed by atoms with Gasteiger partial charge in [-0.05, 0) is 18.2 Å². The highest BCUT2D eigenvalue weighted by atomic mass is 35.5. The summed E-state index contributed by atoms with van der Waals surface area (Å²) >= 11 is 5.59. The summed E-state index contributed by atoms with van der Waals surface area (Å²) in [5, 5.41) is 10.2. The van der Waals surface area contributed by atoms with Crippen molar-refractivity contribution in [3.05, 3.63) is 64.4 Å². The normalized spacial score (nSPS) is 13.0. The summed E-state index contributed by atoms with van der Waals surface area (Å²) in [7, 11) is 0. The third-order valence-corrected chi connectivity index (χ3v) is 2.93. The minimum Gasteiger partial charge on any atom is -0.405 e. The number of para-hydroxylation sites is 1. The first-order valence-electron chi connectivity index (χ1n) is 5.75. The van der Waals surface area contributed by atoms with E-state index in [0.29, 0.717) is 0 Å². The fourth-order valence-electron chi connectivity index (χ4n) is 1.81. The quantitative estimate of drug-likeness (QED) is 0.846. The van der Waals surface area contributed by atoms with Gasteiger partial charge in [0.2, 0.25) is 0 Å². The van der Waals surface area contributed by atoms with Gasteiger partial charge >= 0.3 is 6.36 Å². The second kappa shape index (κ2) is 5.91. The Morgan fingerprint density at radius 3 is 2.33 bits per heavy atom. The van der Waals surface area contributed by atoms with Gasteiger partial charge < -0.3 is 9.84 Å². The van der Waals surface area contributed by atoms with Gasteiger partial charge in [-0.15, -0.1) is 13.2 Å². The van der Waals surface area contributed by atoms with Gasteiger partial charge in [-0.3, -0.25) is 0 Å². The molecule has 0 amide bonds. The van der Waals surface area contributed by atoms with Gasteiger partial charge in [-0.2, -0.15) is 0 Å². The lowest BCUT2D eigenvalue weighted by Gasteiger charge is -2.18. The van der Waals surface area contributed by atoms with Gasteiger partial charge in [0.05, 0.1) is 0 Å². The van der Waals surface area contributed by atoms with Gasteiger partial charge in [0.15, 0.2) is 0 Å². The molecule has 2 aromatic rings. The van der Waals surface area contributed by atoms with Crippen molar-refractivity contribution in [1.82, 2.24) is 0 Å². The van der Waals surface area contributed by atoms with E-state index in [-0.39, 0.29) is 16.1 Å². The van der Waals surface area contributed by atoms with Crippen molar-refractivity contribution in [3.63, 3.8) is 0 Å². The van der Waals surface area contributed by atoms with Crippen molar-refractivity contribution < 1.29 is 27.4 Å². The Hall–Kier alpha value is -1.79. The average molecular weight is 321 g/mol. The lowest BCUT2D eigenvalue weighted by atomic mass is 10.0. The van der Waals surface area contributed by atoms with E-state index in [2.05, 4.69) is 4.74 Å². The molecular formula is C14H9ClF4O2. The van der Waals surface area contributed by atoms with Crippen molar-refractivity contribution in [2.45, 2.75) is 12.5 Å². The summed E-state index contributed by atoms with van der Waals surface area (Å²) in [6, 6.07) is 8.49. The average Bonchev–Trinajstić information content (AvgIpc) is 2.36. The number of alkyl halides is 3. The molecule has 1 atom stereocenters. The fourth-order valence-corrected chi connectivity index (χ4v) is 1.97. The van der Waals surface area contributed by atoms with Crippen LogP contribution in [0.5, 0.6) is 5.75 Å². The van der Waals surface area contributed by atoms with E-state index in [1.807, 2.05) is 0 Å². The maximum absolute atomic E-state index is 13.7. The van der Waals surface area contributed by atoms with Crippen LogP contribution >= 0.6 is 11.6 Å². The van der Waals surface area contributed by atoms with Crippen molar-refractivity contribution in [1.29, 1.82) is 0 Å². The van der Waals surface area contributed by atoms with Gasteiger partial charge in [-0.1, -0.05) is 35.9 Å². The Morgan fingerprint density at radius 1 is 1.05 bits per heavy atom. The predicted octanol–water partition coefficient (Wildman–Crippen LogP) is 4.46. The molecule has 1 N–H and O–H groups in total. The molecular weight excluding hydrogens is 312 g/mol. The molecule has 2 rings (SSSR count). The van der Waals surface area contributed by atoms with E-state index >= 15 is 0 Å². The summed E-state index contributed by atoms with van der Waals surface area (Å²) in [4.78, 5) is 0. The molecule has 112 valence electrons. The van der Waals surface area contributed by atoms with E-state index < -0.39 is 24.0 Å². The zero-order valence-corrected chi connectivity index (χ0v) is 11.1. The van der Waals surface area contributed by atoms with Crippen LogP contribution in [0.15, 0.2) is 42.5 Å². The molecule has 7 heteroatoms. The highest BCUT2D eigenvalue weighted by molar-refractivity contribution is 6.30. The SMILES string of the molecule is OC(c1ccc(Cl)cc1F)c1ccccc1OC(F)(F)F. The number of halogens is 5. The van der Waals surface area contributed by atoms with Crippen LogP contribution in [0.3, 0.4) is 0 Å². The molecule has 0 aromatic heterocycles. The third-order valence-electron chi connectivity index (χ3n) is 2.70. The number of benzene rings is 2. The van der Waals surface area contributed by atoms with Crippen LogP contribution in [0.25, 0.3) is 0 Å². The van der Waals surface area contributed by atoms with E-state index in [9.17, 15) is 22.7 Å². The Morgan fingerprint density at radius 2 is 1.71 bits per heavy atom. The largest absolute Gasteiger partial charge is 0.573 e. The lowest BCUT2D eigenvalue weighted by molar-refractivity contribution is -0.275. The van der Waals surface area contributed by atoms with Crippen LogP contribution in [0.1, 0.15) is 17.2 Å². The second-order valence-electron chi connectivity index (χ2n) is 4.15. The molecule has 0 bridgehead atoms. The maximum atomic E-state index is 13.7. The van der Waals surface area contributed by atoms with E-state index in [4.69, 9.17) is 11.6 Å². The number of aliphatic hydroxyl groups excluding tert-OH is 1. The molecule has 0 aliphatic carbocycles. The number of hydrogen-bond acceptors (Lipinski definition) is 2. The van der Waals surface area contributed by atoms with Crippen molar-refractivity contribution in [2.75, 3.05) is 0 Å². The molecule has 2 nitrogen and oxygen atoms in total. The van der Waals surface area contributed by atoms with Crippen LogP contribution in [-0.4, -0.2) is 11.5 Å². The topological polar surface area (TPSA) is 29.5 Å². The standard InChI is InChI=1S/C14H9ClF4O2/c15-8-5-6-9(11(16)7-8)13(20)10-3-1-2-4-12(10)21-14(17,18)19/h1-7,13,20H. The van der Waals surface area contributed by atoms with Crippen molar-refractivity contribution >= 4 is 11.6 Å². The van der Waals surface area contributed by atoms with E-state index in [1.54, 1.807) is 0 Å². The molecule has 0 aliphatic rings. The highest BCUT2D eigenvalue weighted by Gasteiger charge is 2.33. The summed E-state index contributed by atoms with van der Waals surface area (Å²) in [6.45, 7) is 0. The Balaban J connectivity index is 2.41. The first-order chi connectivity index (χ1) is 9.78. The zero-order chi connectivity index (χ0) is 15.6. The minimum atomic E-state index is -4.91. The number of rotatable bonds is 3. The van der Waals surface area contributed by atoms with Gasteiger partial charge in [-0.25, -0.2) is 4.39 Å². The second-order valence-corrected chi connectivity index (χ2v) is 4.59. The molecule has 0 fully saturated rings. The summed E-state index contributed by atoms with van der Waals surface area (Å²) in [6.07, 6.45) is -6.52. The minimum absolute atomic E-state index is 0.114. The van der Waals surface area contributed by atoms with Gasteiger partial charge in [0, 0.05) is 16.1 Å². The molecule has 1 unspecified atom stereocenters. The van der Waals surface area contributed by atoms with Crippen LogP contribution in [-0.2, 0) is 0 Å². The van der Waals surface area contributed by atoms with Crippen molar-refractivity contribution in [3.8, 4) is 5.75 Å². The van der Waals surface area contributed by atoms with Gasteiger partial charge in [0.25, 0.3) is 0 Å². The summed E-state index contributed by atoms with van der Waals surface area (Å²) in [5.74, 6) is -1.41. The molecule has 0 radical (unpaired) electrons. The van der Waals surface area contributed by atoms with Crippen LogP contribution in [0, 0.1) is 5.82 Å². The molecule has 2 aromatic carbocycles. The molecule has 0 saturated carbocycles. The van der Waals surface area contributed by atoms with Crippen molar-refractivity contribution in [2.24, 2.45) is 0 Å².